The third-order valence-electron chi connectivity index (χ3n) is 3.34. The number of carbonyl (C=O) groups excluding carboxylic acids is 1. The summed E-state index contributed by atoms with van der Waals surface area (Å²) < 4.78 is 4.97. The molecule has 16 heavy (non-hydrogen) atoms. The molecule has 4 heteroatoms. The molecule has 0 saturated carbocycles. The summed E-state index contributed by atoms with van der Waals surface area (Å²) >= 11 is 0. The van der Waals surface area contributed by atoms with Crippen molar-refractivity contribution < 1.29 is 9.53 Å². The third-order valence-corrected chi connectivity index (χ3v) is 3.34. The summed E-state index contributed by atoms with van der Waals surface area (Å²) in [5.41, 5.74) is 0. The van der Waals surface area contributed by atoms with Gasteiger partial charge in [-0.3, -0.25) is 4.79 Å². The first-order valence-corrected chi connectivity index (χ1v) is 6.18. The zero-order valence-corrected chi connectivity index (χ0v) is 10.7. The predicted molar refractivity (Wildman–Crippen MR) is 64.4 cm³/mol. The van der Waals surface area contributed by atoms with E-state index in [0.717, 1.165) is 32.5 Å². The molecule has 0 bridgehead atoms. The van der Waals surface area contributed by atoms with Crippen molar-refractivity contribution in [3.8, 4) is 0 Å². The zero-order valence-electron chi connectivity index (χ0n) is 10.7. The first-order chi connectivity index (χ1) is 7.66. The van der Waals surface area contributed by atoms with Crippen molar-refractivity contribution in [1.29, 1.82) is 0 Å². The molecule has 1 aliphatic heterocycles. The lowest BCUT2D eigenvalue weighted by atomic mass is 10.1. The minimum atomic E-state index is 0.289. The van der Waals surface area contributed by atoms with Gasteiger partial charge in [-0.15, -0.1) is 0 Å². The third kappa shape index (κ3) is 3.76. The van der Waals surface area contributed by atoms with E-state index in [-0.39, 0.29) is 5.91 Å². The van der Waals surface area contributed by atoms with Gasteiger partial charge in [-0.1, -0.05) is 0 Å². The van der Waals surface area contributed by atoms with E-state index in [1.165, 1.54) is 0 Å². The van der Waals surface area contributed by atoms with Crippen LogP contribution in [-0.4, -0.2) is 49.7 Å². The molecule has 2 atom stereocenters. The van der Waals surface area contributed by atoms with Crippen LogP contribution in [0, 0.1) is 0 Å². The average molecular weight is 228 g/mol. The molecule has 0 radical (unpaired) electrons. The van der Waals surface area contributed by atoms with Crippen molar-refractivity contribution in [1.82, 2.24) is 10.2 Å². The molecule has 94 valence electrons. The number of methoxy groups -OCH3 is 1. The number of ether oxygens (including phenoxy) is 1. The van der Waals surface area contributed by atoms with Crippen LogP contribution < -0.4 is 5.32 Å². The van der Waals surface area contributed by atoms with Gasteiger partial charge in [-0.25, -0.2) is 0 Å². The van der Waals surface area contributed by atoms with Gasteiger partial charge in [0.05, 0.1) is 0 Å². The summed E-state index contributed by atoms with van der Waals surface area (Å²) in [6, 6.07) is 0.709. The topological polar surface area (TPSA) is 41.6 Å². The predicted octanol–water partition coefficient (Wildman–Crippen LogP) is 1.01. The van der Waals surface area contributed by atoms with Crippen molar-refractivity contribution in [3.63, 3.8) is 0 Å². The average Bonchev–Trinajstić information content (AvgIpc) is 2.28. The quantitative estimate of drug-likeness (QED) is 0.714. The Kier molecular flexibility index (Phi) is 5.77. The van der Waals surface area contributed by atoms with Gasteiger partial charge in [0.1, 0.15) is 0 Å². The van der Waals surface area contributed by atoms with Crippen LogP contribution in [0.1, 0.15) is 33.1 Å². The molecule has 1 rings (SSSR count). The minimum absolute atomic E-state index is 0.289. The van der Waals surface area contributed by atoms with Crippen LogP contribution in [0.25, 0.3) is 0 Å². The van der Waals surface area contributed by atoms with Crippen LogP contribution in [0.15, 0.2) is 0 Å². The van der Waals surface area contributed by atoms with Crippen LogP contribution in [0.2, 0.25) is 0 Å². The number of rotatable bonds is 5. The normalized spacial score (nSPS) is 25.8. The number of carbonyl (C=O) groups is 1. The smallest absolute Gasteiger partial charge is 0.222 e. The molecule has 0 aromatic carbocycles. The van der Waals surface area contributed by atoms with E-state index in [1.807, 2.05) is 4.90 Å². The maximum absolute atomic E-state index is 12.0. The Morgan fingerprint density at radius 3 is 2.88 bits per heavy atom. The van der Waals surface area contributed by atoms with E-state index in [0.29, 0.717) is 18.5 Å². The highest BCUT2D eigenvalue weighted by molar-refractivity contribution is 5.76. The second-order valence-electron chi connectivity index (χ2n) is 4.52. The van der Waals surface area contributed by atoms with Gasteiger partial charge < -0.3 is 15.0 Å². The number of nitrogens with zero attached hydrogens (tertiary/aromatic N) is 1. The van der Waals surface area contributed by atoms with E-state index >= 15 is 0 Å². The monoisotopic (exact) mass is 228 g/mol. The molecule has 1 fully saturated rings. The standard InChI is InChI=1S/C12H24N2O2/c1-10-11(2)14(8-7-13-10)12(15)6-4-5-9-16-3/h10-11,13H,4-9H2,1-3H3. The van der Waals surface area contributed by atoms with Crippen molar-refractivity contribution in [2.45, 2.75) is 45.2 Å². The van der Waals surface area contributed by atoms with Crippen molar-refractivity contribution >= 4 is 5.91 Å². The Morgan fingerprint density at radius 1 is 1.44 bits per heavy atom. The zero-order chi connectivity index (χ0) is 12.0. The highest BCUT2D eigenvalue weighted by atomic mass is 16.5. The van der Waals surface area contributed by atoms with E-state index < -0.39 is 0 Å². The van der Waals surface area contributed by atoms with E-state index in [2.05, 4.69) is 19.2 Å². The van der Waals surface area contributed by atoms with Crippen LogP contribution in [0.3, 0.4) is 0 Å². The largest absolute Gasteiger partial charge is 0.385 e. The molecule has 2 unspecified atom stereocenters. The molecule has 1 heterocycles. The second-order valence-corrected chi connectivity index (χ2v) is 4.52. The maximum atomic E-state index is 12.0. The Bertz CT molecular complexity index is 221. The molecule has 0 aromatic heterocycles. The second kappa shape index (κ2) is 6.86. The van der Waals surface area contributed by atoms with Gasteiger partial charge >= 0.3 is 0 Å². The fourth-order valence-corrected chi connectivity index (χ4v) is 2.07. The Balaban J connectivity index is 2.29. The number of amides is 1. The number of piperazine rings is 1. The molecular formula is C12H24N2O2. The summed E-state index contributed by atoms with van der Waals surface area (Å²) in [7, 11) is 1.70. The molecule has 1 saturated heterocycles. The minimum Gasteiger partial charge on any atom is -0.385 e. The van der Waals surface area contributed by atoms with E-state index in [4.69, 9.17) is 4.74 Å². The van der Waals surface area contributed by atoms with E-state index in [1.54, 1.807) is 7.11 Å². The van der Waals surface area contributed by atoms with Gasteiger partial charge in [0, 0.05) is 45.3 Å². The molecular weight excluding hydrogens is 204 g/mol. The molecule has 1 N–H and O–H groups in total. The summed E-state index contributed by atoms with van der Waals surface area (Å²) in [4.78, 5) is 14.0. The maximum Gasteiger partial charge on any atom is 0.222 e. The lowest BCUT2D eigenvalue weighted by Gasteiger charge is -2.38. The van der Waals surface area contributed by atoms with E-state index in [9.17, 15) is 4.79 Å². The summed E-state index contributed by atoms with van der Waals surface area (Å²) in [5.74, 6) is 0.289. The van der Waals surface area contributed by atoms with Gasteiger partial charge in [0.25, 0.3) is 0 Å². The summed E-state index contributed by atoms with van der Waals surface area (Å²) in [6.45, 7) is 6.75. The molecule has 1 aliphatic rings. The number of unbranched alkanes of at least 4 members (excludes halogenated alkanes) is 1. The number of hydrogen-bond acceptors (Lipinski definition) is 3. The van der Waals surface area contributed by atoms with Crippen molar-refractivity contribution in [2.75, 3.05) is 26.8 Å². The Labute approximate surface area is 98.3 Å². The fraction of sp³-hybridized carbons (Fsp3) is 0.917. The van der Waals surface area contributed by atoms with Crippen LogP contribution in [0.4, 0.5) is 0 Å². The van der Waals surface area contributed by atoms with Gasteiger partial charge in [-0.05, 0) is 26.7 Å². The highest BCUT2D eigenvalue weighted by Crippen LogP contribution is 2.11. The van der Waals surface area contributed by atoms with Crippen LogP contribution in [0.5, 0.6) is 0 Å². The Morgan fingerprint density at radius 2 is 2.19 bits per heavy atom. The molecule has 0 aromatic rings. The first kappa shape index (κ1) is 13.5. The summed E-state index contributed by atoms with van der Waals surface area (Å²) in [5, 5.41) is 3.38. The first-order valence-electron chi connectivity index (χ1n) is 6.18. The molecule has 0 aliphatic carbocycles. The fourth-order valence-electron chi connectivity index (χ4n) is 2.07. The molecule has 0 spiro atoms. The van der Waals surface area contributed by atoms with Crippen LogP contribution >= 0.6 is 0 Å². The van der Waals surface area contributed by atoms with Gasteiger partial charge in [-0.2, -0.15) is 0 Å². The lowest BCUT2D eigenvalue weighted by molar-refractivity contribution is -0.135. The Hall–Kier alpha value is -0.610. The van der Waals surface area contributed by atoms with Gasteiger partial charge in [0.2, 0.25) is 5.91 Å². The lowest BCUT2D eigenvalue weighted by Crippen LogP contribution is -2.57. The van der Waals surface area contributed by atoms with Crippen molar-refractivity contribution in [3.05, 3.63) is 0 Å². The highest BCUT2D eigenvalue weighted by Gasteiger charge is 2.27. The number of nitrogens with one attached hydrogen (secondary N) is 1. The molecule has 4 nitrogen and oxygen atoms in total. The summed E-state index contributed by atoms with van der Waals surface area (Å²) in [6.07, 6.45) is 2.55. The van der Waals surface area contributed by atoms with Crippen molar-refractivity contribution in [2.24, 2.45) is 0 Å². The molecule has 1 amide bonds. The van der Waals surface area contributed by atoms with Crippen LogP contribution in [-0.2, 0) is 9.53 Å². The SMILES string of the molecule is COCCCCC(=O)N1CCNC(C)C1C. The van der Waals surface area contributed by atoms with Gasteiger partial charge in [0.15, 0.2) is 0 Å². The number of hydrogen-bond donors (Lipinski definition) is 1.